The largest absolute Gasteiger partial charge is 0.463 e. The minimum Gasteiger partial charge on any atom is -0.463 e. The quantitative estimate of drug-likeness (QED) is 0.488. The molecular weight excluding hydrogens is 142 g/mol. The highest BCUT2D eigenvalue weighted by Crippen LogP contribution is 1.98. The number of carbonyl (C=O) groups is 1. The Labute approximate surface area is 67.2 Å². The maximum Gasteiger partial charge on any atom is 0.330 e. The van der Waals surface area contributed by atoms with Crippen LogP contribution in [0.25, 0.3) is 0 Å². The Balaban J connectivity index is 3.83. The molecule has 0 saturated heterocycles. The molecule has 64 valence electrons. The number of ether oxygens (including phenoxy) is 1. The molecule has 0 heterocycles. The second-order valence-corrected chi connectivity index (χ2v) is 2.91. The van der Waals surface area contributed by atoms with Crippen molar-refractivity contribution in [1.82, 2.24) is 0 Å². The van der Waals surface area contributed by atoms with Crippen molar-refractivity contribution in [3.05, 3.63) is 12.2 Å². The molecule has 0 atom stereocenters. The Kier molecular flexibility index (Phi) is 3.82. The van der Waals surface area contributed by atoms with Gasteiger partial charge in [0.2, 0.25) is 0 Å². The van der Waals surface area contributed by atoms with E-state index in [9.17, 15) is 4.79 Å². The highest BCUT2D eigenvalue weighted by molar-refractivity contribution is 5.82. The second kappa shape index (κ2) is 4.13. The molecule has 0 spiro atoms. The maximum absolute atomic E-state index is 10.7. The summed E-state index contributed by atoms with van der Waals surface area (Å²) in [6.07, 6.45) is 2.97. The van der Waals surface area contributed by atoms with Crippen molar-refractivity contribution >= 4 is 5.97 Å². The number of carbonyl (C=O) groups excluding carboxylic acids is 1. The molecule has 0 fully saturated rings. The Morgan fingerprint density at radius 2 is 2.18 bits per heavy atom. The lowest BCUT2D eigenvalue weighted by molar-refractivity contribution is -0.137. The maximum atomic E-state index is 10.7. The zero-order valence-corrected chi connectivity index (χ0v) is 7.26. The summed E-state index contributed by atoms with van der Waals surface area (Å²) >= 11 is 0. The molecule has 0 aromatic rings. The molecule has 3 nitrogen and oxygen atoms in total. The van der Waals surface area contributed by atoms with E-state index in [0.717, 1.165) is 0 Å². The molecule has 11 heavy (non-hydrogen) atoms. The number of hydrogen-bond donors (Lipinski definition) is 1. The van der Waals surface area contributed by atoms with E-state index in [2.05, 4.69) is 4.74 Å². The van der Waals surface area contributed by atoms with Crippen molar-refractivity contribution in [2.75, 3.05) is 6.61 Å². The van der Waals surface area contributed by atoms with Gasteiger partial charge in [0.25, 0.3) is 0 Å². The van der Waals surface area contributed by atoms with E-state index in [1.807, 2.05) is 13.8 Å². The van der Waals surface area contributed by atoms with E-state index in [4.69, 9.17) is 5.73 Å². The fraction of sp³-hybridized carbons (Fsp3) is 0.625. The first-order valence-corrected chi connectivity index (χ1v) is 3.60. The SMILES string of the molecule is CCOC(=O)/C=C/C(C)(C)N. The molecule has 0 aromatic carbocycles. The van der Waals surface area contributed by atoms with Crippen LogP contribution in [0.5, 0.6) is 0 Å². The minimum atomic E-state index is -0.452. The van der Waals surface area contributed by atoms with Crippen LogP contribution in [0.4, 0.5) is 0 Å². The van der Waals surface area contributed by atoms with Crippen molar-refractivity contribution in [2.24, 2.45) is 5.73 Å². The molecule has 0 aliphatic heterocycles. The topological polar surface area (TPSA) is 52.3 Å². The summed E-state index contributed by atoms with van der Waals surface area (Å²) in [4.78, 5) is 10.7. The van der Waals surface area contributed by atoms with Gasteiger partial charge in [-0.1, -0.05) is 6.08 Å². The molecule has 0 amide bonds. The van der Waals surface area contributed by atoms with Crippen molar-refractivity contribution < 1.29 is 9.53 Å². The van der Waals surface area contributed by atoms with Crippen LogP contribution in [0.15, 0.2) is 12.2 Å². The molecule has 0 aromatic heterocycles. The van der Waals surface area contributed by atoms with Crippen molar-refractivity contribution in [2.45, 2.75) is 26.3 Å². The number of hydrogen-bond acceptors (Lipinski definition) is 3. The average molecular weight is 157 g/mol. The molecule has 0 rings (SSSR count). The van der Waals surface area contributed by atoms with Crippen molar-refractivity contribution in [3.63, 3.8) is 0 Å². The summed E-state index contributed by atoms with van der Waals surface area (Å²) in [6.45, 7) is 5.78. The third kappa shape index (κ3) is 7.06. The molecule has 0 saturated carbocycles. The highest BCUT2D eigenvalue weighted by Gasteiger charge is 2.05. The molecule has 0 unspecified atom stereocenters. The zero-order valence-electron chi connectivity index (χ0n) is 7.26. The lowest BCUT2D eigenvalue weighted by Gasteiger charge is -2.10. The van der Waals surface area contributed by atoms with Gasteiger partial charge < -0.3 is 10.5 Å². The van der Waals surface area contributed by atoms with E-state index in [-0.39, 0.29) is 5.97 Å². The normalized spacial score (nSPS) is 12.0. The van der Waals surface area contributed by atoms with E-state index < -0.39 is 5.54 Å². The molecular formula is C8H15NO2. The smallest absolute Gasteiger partial charge is 0.330 e. The fourth-order valence-electron chi connectivity index (χ4n) is 0.473. The zero-order chi connectivity index (χ0) is 8.91. The van der Waals surface area contributed by atoms with Gasteiger partial charge in [0.15, 0.2) is 0 Å². The second-order valence-electron chi connectivity index (χ2n) is 2.91. The summed E-state index contributed by atoms with van der Waals surface area (Å²) in [6, 6.07) is 0. The third-order valence-corrected chi connectivity index (χ3v) is 0.936. The molecule has 0 aliphatic carbocycles. The predicted molar refractivity (Wildman–Crippen MR) is 44.0 cm³/mol. The lowest BCUT2D eigenvalue weighted by atomic mass is 10.1. The standard InChI is InChI=1S/C8H15NO2/c1-4-11-7(10)5-6-8(2,3)9/h5-6H,4,9H2,1-3H3/b6-5+. The van der Waals surface area contributed by atoms with Gasteiger partial charge in [0, 0.05) is 11.6 Å². The predicted octanol–water partition coefficient (Wildman–Crippen LogP) is 0.843. The average Bonchev–Trinajstić information content (AvgIpc) is 1.83. The van der Waals surface area contributed by atoms with Gasteiger partial charge in [0.05, 0.1) is 6.61 Å². The summed E-state index contributed by atoms with van der Waals surface area (Å²) < 4.78 is 4.66. The van der Waals surface area contributed by atoms with Crippen LogP contribution in [0.3, 0.4) is 0 Å². The van der Waals surface area contributed by atoms with Crippen LogP contribution in [-0.2, 0) is 9.53 Å². The van der Waals surface area contributed by atoms with Crippen LogP contribution in [-0.4, -0.2) is 18.1 Å². The van der Waals surface area contributed by atoms with Crippen molar-refractivity contribution in [1.29, 1.82) is 0 Å². The van der Waals surface area contributed by atoms with Crippen LogP contribution in [0.1, 0.15) is 20.8 Å². The first kappa shape index (κ1) is 10.2. The molecule has 0 bridgehead atoms. The van der Waals surface area contributed by atoms with E-state index >= 15 is 0 Å². The van der Waals surface area contributed by atoms with Gasteiger partial charge in [-0.2, -0.15) is 0 Å². The Morgan fingerprint density at radius 1 is 1.64 bits per heavy atom. The number of esters is 1. The lowest BCUT2D eigenvalue weighted by Crippen LogP contribution is -2.29. The fourth-order valence-corrected chi connectivity index (χ4v) is 0.473. The van der Waals surface area contributed by atoms with E-state index in [1.54, 1.807) is 13.0 Å². The summed E-state index contributed by atoms with van der Waals surface area (Å²) in [7, 11) is 0. The van der Waals surface area contributed by atoms with Gasteiger partial charge in [-0.05, 0) is 20.8 Å². The summed E-state index contributed by atoms with van der Waals surface area (Å²) in [5.74, 6) is -0.342. The number of rotatable bonds is 3. The molecule has 0 aliphatic rings. The van der Waals surface area contributed by atoms with Crippen LogP contribution >= 0.6 is 0 Å². The molecule has 0 radical (unpaired) electrons. The minimum absolute atomic E-state index is 0.342. The Bertz CT molecular complexity index is 156. The van der Waals surface area contributed by atoms with Gasteiger partial charge in [0.1, 0.15) is 0 Å². The molecule has 2 N–H and O–H groups in total. The summed E-state index contributed by atoms with van der Waals surface area (Å²) in [5, 5.41) is 0. The van der Waals surface area contributed by atoms with Crippen LogP contribution in [0.2, 0.25) is 0 Å². The Hall–Kier alpha value is -0.830. The van der Waals surface area contributed by atoms with E-state index in [0.29, 0.717) is 6.61 Å². The van der Waals surface area contributed by atoms with Crippen molar-refractivity contribution in [3.8, 4) is 0 Å². The number of nitrogens with two attached hydrogens (primary N) is 1. The van der Waals surface area contributed by atoms with Crippen LogP contribution in [0, 0.1) is 0 Å². The molecule has 3 heteroatoms. The first-order valence-electron chi connectivity index (χ1n) is 3.60. The van der Waals surface area contributed by atoms with Gasteiger partial charge in [-0.15, -0.1) is 0 Å². The Morgan fingerprint density at radius 3 is 2.55 bits per heavy atom. The monoisotopic (exact) mass is 157 g/mol. The van der Waals surface area contributed by atoms with Gasteiger partial charge >= 0.3 is 5.97 Å². The third-order valence-electron chi connectivity index (χ3n) is 0.936. The summed E-state index contributed by atoms with van der Waals surface area (Å²) in [5.41, 5.74) is 5.13. The highest BCUT2D eigenvalue weighted by atomic mass is 16.5. The first-order chi connectivity index (χ1) is 4.95. The van der Waals surface area contributed by atoms with E-state index in [1.165, 1.54) is 6.08 Å². The van der Waals surface area contributed by atoms with Gasteiger partial charge in [-0.3, -0.25) is 0 Å². The van der Waals surface area contributed by atoms with Gasteiger partial charge in [-0.25, -0.2) is 4.79 Å². The van der Waals surface area contributed by atoms with Crippen LogP contribution < -0.4 is 5.73 Å².